The van der Waals surface area contributed by atoms with Crippen molar-refractivity contribution in [3.05, 3.63) is 65.1 Å². The number of amides is 1. The van der Waals surface area contributed by atoms with E-state index < -0.39 is 11.6 Å². The van der Waals surface area contributed by atoms with Gasteiger partial charge in [-0.2, -0.15) is 0 Å². The Morgan fingerprint density at radius 1 is 1.29 bits per heavy atom. The van der Waals surface area contributed by atoms with E-state index in [0.29, 0.717) is 36.1 Å². The summed E-state index contributed by atoms with van der Waals surface area (Å²) in [5, 5.41) is 2.68. The van der Waals surface area contributed by atoms with Gasteiger partial charge in [0.1, 0.15) is 23.2 Å². The SMILES string of the molecule is CC1CC1c1ccc(/C=C/C(=O)NCCc2cc(F)cc(F)c2)o1. The summed E-state index contributed by atoms with van der Waals surface area (Å²) in [5.74, 6) is 1.29. The topological polar surface area (TPSA) is 42.2 Å². The molecule has 3 nitrogen and oxygen atoms in total. The Morgan fingerprint density at radius 3 is 2.67 bits per heavy atom. The van der Waals surface area contributed by atoms with Gasteiger partial charge in [-0.15, -0.1) is 0 Å². The zero-order chi connectivity index (χ0) is 17.1. The average molecular weight is 331 g/mol. The molecule has 126 valence electrons. The van der Waals surface area contributed by atoms with Crippen LogP contribution in [0, 0.1) is 17.6 Å². The summed E-state index contributed by atoms with van der Waals surface area (Å²) in [4.78, 5) is 11.8. The molecule has 5 heteroatoms. The first-order valence-corrected chi connectivity index (χ1v) is 8.02. The van der Waals surface area contributed by atoms with E-state index in [2.05, 4.69) is 12.2 Å². The molecule has 2 unspecified atom stereocenters. The van der Waals surface area contributed by atoms with Crippen molar-refractivity contribution < 1.29 is 18.0 Å². The van der Waals surface area contributed by atoms with Crippen LogP contribution in [0.2, 0.25) is 0 Å². The number of hydrogen-bond acceptors (Lipinski definition) is 2. The Morgan fingerprint density at radius 2 is 2.00 bits per heavy atom. The van der Waals surface area contributed by atoms with Gasteiger partial charge in [0.15, 0.2) is 0 Å². The molecule has 1 heterocycles. The maximum absolute atomic E-state index is 13.1. The molecule has 1 aliphatic rings. The molecule has 1 aliphatic carbocycles. The van der Waals surface area contributed by atoms with Crippen molar-refractivity contribution in [3.63, 3.8) is 0 Å². The van der Waals surface area contributed by atoms with Crippen LogP contribution >= 0.6 is 0 Å². The molecule has 2 atom stereocenters. The molecular formula is C19H19F2NO2. The number of hydrogen-bond donors (Lipinski definition) is 1. The minimum absolute atomic E-state index is 0.274. The summed E-state index contributed by atoms with van der Waals surface area (Å²) in [6, 6.07) is 7.14. The van der Waals surface area contributed by atoms with Crippen LogP contribution in [-0.2, 0) is 11.2 Å². The molecule has 0 spiro atoms. The first-order valence-electron chi connectivity index (χ1n) is 8.02. The van der Waals surface area contributed by atoms with Crippen molar-refractivity contribution in [1.29, 1.82) is 0 Å². The summed E-state index contributed by atoms with van der Waals surface area (Å²) < 4.78 is 31.8. The second kappa shape index (κ2) is 6.99. The second-order valence-corrected chi connectivity index (χ2v) is 6.21. The highest BCUT2D eigenvalue weighted by Crippen LogP contribution is 2.47. The number of halogens is 2. The molecule has 0 saturated heterocycles. The average Bonchev–Trinajstić information content (AvgIpc) is 3.06. The van der Waals surface area contributed by atoms with E-state index in [1.54, 1.807) is 6.08 Å². The van der Waals surface area contributed by atoms with Gasteiger partial charge in [-0.3, -0.25) is 4.79 Å². The molecule has 2 aromatic rings. The van der Waals surface area contributed by atoms with Crippen molar-refractivity contribution in [3.8, 4) is 0 Å². The molecule has 1 fully saturated rings. The Labute approximate surface area is 139 Å². The Kier molecular flexibility index (Phi) is 4.79. The van der Waals surface area contributed by atoms with Crippen LogP contribution in [0.1, 0.15) is 36.3 Å². The molecule has 0 aliphatic heterocycles. The lowest BCUT2D eigenvalue weighted by Gasteiger charge is -2.03. The third kappa shape index (κ3) is 4.31. The minimum atomic E-state index is -0.616. The Hall–Kier alpha value is -2.43. The Balaban J connectivity index is 1.46. The molecule has 1 N–H and O–H groups in total. The molecule has 3 rings (SSSR count). The fourth-order valence-corrected chi connectivity index (χ4v) is 2.68. The van der Waals surface area contributed by atoms with Crippen LogP contribution in [0.15, 0.2) is 40.8 Å². The lowest BCUT2D eigenvalue weighted by atomic mass is 10.1. The number of benzene rings is 1. The van der Waals surface area contributed by atoms with Crippen LogP contribution in [-0.4, -0.2) is 12.5 Å². The van der Waals surface area contributed by atoms with Crippen molar-refractivity contribution >= 4 is 12.0 Å². The predicted octanol–water partition coefficient (Wildman–Crippen LogP) is 4.05. The first kappa shape index (κ1) is 16.4. The predicted molar refractivity (Wildman–Crippen MR) is 87.3 cm³/mol. The van der Waals surface area contributed by atoms with Crippen molar-refractivity contribution in [2.45, 2.75) is 25.7 Å². The highest BCUT2D eigenvalue weighted by atomic mass is 19.1. The quantitative estimate of drug-likeness (QED) is 0.811. The van der Waals surface area contributed by atoms with Crippen molar-refractivity contribution in [2.75, 3.05) is 6.54 Å². The molecule has 0 bridgehead atoms. The van der Waals surface area contributed by atoms with E-state index in [0.717, 1.165) is 18.2 Å². The smallest absolute Gasteiger partial charge is 0.244 e. The zero-order valence-electron chi connectivity index (χ0n) is 13.4. The standard InChI is InChI=1S/C19H19F2NO2/c1-12-8-17(12)18-4-2-16(24-18)3-5-19(23)22-7-6-13-9-14(20)11-15(21)10-13/h2-5,9-12,17H,6-8H2,1H3,(H,22,23)/b5-3+. The molecule has 1 amide bonds. The normalized spacial score (nSPS) is 19.6. The van der Waals surface area contributed by atoms with Crippen LogP contribution in [0.25, 0.3) is 6.08 Å². The number of carbonyl (C=O) groups is 1. The Bertz CT molecular complexity index is 746. The van der Waals surface area contributed by atoms with Crippen LogP contribution in [0.5, 0.6) is 0 Å². The van der Waals surface area contributed by atoms with Gasteiger partial charge >= 0.3 is 0 Å². The number of furan rings is 1. The number of carbonyl (C=O) groups excluding carboxylic acids is 1. The second-order valence-electron chi connectivity index (χ2n) is 6.21. The first-order chi connectivity index (χ1) is 11.5. The van der Waals surface area contributed by atoms with Gasteiger partial charge in [-0.05, 0) is 54.7 Å². The van der Waals surface area contributed by atoms with Gasteiger partial charge in [-0.25, -0.2) is 8.78 Å². The number of nitrogens with one attached hydrogen (secondary N) is 1. The maximum Gasteiger partial charge on any atom is 0.244 e. The third-order valence-electron chi connectivity index (χ3n) is 4.16. The molecule has 1 aromatic carbocycles. The molecular weight excluding hydrogens is 312 g/mol. The molecule has 1 saturated carbocycles. The lowest BCUT2D eigenvalue weighted by Crippen LogP contribution is -2.23. The molecule has 1 aromatic heterocycles. The van der Waals surface area contributed by atoms with Crippen LogP contribution in [0.3, 0.4) is 0 Å². The summed E-state index contributed by atoms with van der Waals surface area (Å²) in [7, 11) is 0. The van der Waals surface area contributed by atoms with Gasteiger partial charge in [0, 0.05) is 24.6 Å². The van der Waals surface area contributed by atoms with Gasteiger partial charge in [0.05, 0.1) is 0 Å². The van der Waals surface area contributed by atoms with Gasteiger partial charge in [-0.1, -0.05) is 6.92 Å². The van der Waals surface area contributed by atoms with Crippen molar-refractivity contribution in [2.24, 2.45) is 5.92 Å². The van der Waals surface area contributed by atoms with E-state index >= 15 is 0 Å². The van der Waals surface area contributed by atoms with Crippen LogP contribution in [0.4, 0.5) is 8.78 Å². The van der Waals surface area contributed by atoms with E-state index in [-0.39, 0.29) is 5.91 Å². The minimum Gasteiger partial charge on any atom is -0.461 e. The van der Waals surface area contributed by atoms with Gasteiger partial charge in [0.2, 0.25) is 5.91 Å². The van der Waals surface area contributed by atoms with E-state index in [1.165, 1.54) is 18.2 Å². The number of rotatable bonds is 6. The molecule has 0 radical (unpaired) electrons. The van der Waals surface area contributed by atoms with Gasteiger partial charge < -0.3 is 9.73 Å². The summed E-state index contributed by atoms with van der Waals surface area (Å²) in [6.07, 6.45) is 4.52. The zero-order valence-corrected chi connectivity index (χ0v) is 13.4. The lowest BCUT2D eigenvalue weighted by molar-refractivity contribution is -0.116. The maximum atomic E-state index is 13.1. The summed E-state index contributed by atoms with van der Waals surface area (Å²) in [6.45, 7) is 2.48. The van der Waals surface area contributed by atoms with Gasteiger partial charge in [0.25, 0.3) is 0 Å². The largest absolute Gasteiger partial charge is 0.461 e. The summed E-state index contributed by atoms with van der Waals surface area (Å²) in [5.41, 5.74) is 0.506. The molecule has 24 heavy (non-hydrogen) atoms. The highest BCUT2D eigenvalue weighted by molar-refractivity contribution is 5.91. The van der Waals surface area contributed by atoms with Crippen molar-refractivity contribution in [1.82, 2.24) is 5.32 Å². The fraction of sp³-hybridized carbons (Fsp3) is 0.316. The fourth-order valence-electron chi connectivity index (χ4n) is 2.68. The third-order valence-corrected chi connectivity index (χ3v) is 4.16. The van der Waals surface area contributed by atoms with Crippen LogP contribution < -0.4 is 5.32 Å². The van der Waals surface area contributed by atoms with E-state index in [9.17, 15) is 13.6 Å². The van der Waals surface area contributed by atoms with E-state index in [4.69, 9.17) is 4.42 Å². The highest BCUT2D eigenvalue weighted by Gasteiger charge is 2.36. The summed E-state index contributed by atoms with van der Waals surface area (Å²) >= 11 is 0. The van der Waals surface area contributed by atoms with E-state index in [1.807, 2.05) is 12.1 Å². The monoisotopic (exact) mass is 331 g/mol.